The van der Waals surface area contributed by atoms with Gasteiger partial charge in [0.2, 0.25) is 5.91 Å². The lowest BCUT2D eigenvalue weighted by atomic mass is 10.1. The van der Waals surface area contributed by atoms with Crippen molar-refractivity contribution < 1.29 is 9.18 Å². The molecule has 0 bridgehead atoms. The number of hydrogen-bond acceptors (Lipinski definition) is 2. The Morgan fingerprint density at radius 2 is 1.96 bits per heavy atom. The highest BCUT2D eigenvalue weighted by atomic mass is 79.9. The average molecular weight is 400 g/mol. The van der Waals surface area contributed by atoms with Crippen molar-refractivity contribution in [2.45, 2.75) is 6.42 Å². The van der Waals surface area contributed by atoms with Gasteiger partial charge in [0.1, 0.15) is 5.82 Å². The Kier molecular flexibility index (Phi) is 6.57. The van der Waals surface area contributed by atoms with E-state index >= 15 is 0 Å². The molecular formula is C17H17BrClFN2O. The molecule has 0 saturated heterocycles. The van der Waals surface area contributed by atoms with Gasteiger partial charge in [0.15, 0.2) is 0 Å². The first-order valence-electron chi connectivity index (χ1n) is 7.12. The molecule has 0 aliphatic heterocycles. The maximum atomic E-state index is 13.0. The fourth-order valence-electron chi connectivity index (χ4n) is 2.08. The molecular weight excluding hydrogens is 383 g/mol. The van der Waals surface area contributed by atoms with Crippen molar-refractivity contribution in [1.82, 2.24) is 4.90 Å². The van der Waals surface area contributed by atoms with E-state index in [4.69, 9.17) is 11.6 Å². The van der Waals surface area contributed by atoms with Gasteiger partial charge in [-0.2, -0.15) is 0 Å². The van der Waals surface area contributed by atoms with Crippen LogP contribution in [-0.4, -0.2) is 30.9 Å². The second kappa shape index (κ2) is 8.43. The second-order valence-corrected chi connectivity index (χ2v) is 6.61. The minimum Gasteiger partial charge on any atom is -0.324 e. The zero-order valence-corrected chi connectivity index (χ0v) is 15.0. The third-order valence-corrected chi connectivity index (χ3v) is 4.16. The van der Waals surface area contributed by atoms with Crippen LogP contribution in [0.3, 0.4) is 0 Å². The highest BCUT2D eigenvalue weighted by Gasteiger charge is 2.09. The molecule has 0 saturated carbocycles. The van der Waals surface area contributed by atoms with Gasteiger partial charge in [-0.3, -0.25) is 9.69 Å². The number of nitrogens with zero attached hydrogens (tertiary/aromatic N) is 1. The largest absolute Gasteiger partial charge is 0.324 e. The summed E-state index contributed by atoms with van der Waals surface area (Å²) in [4.78, 5) is 13.9. The minimum absolute atomic E-state index is 0.184. The van der Waals surface area contributed by atoms with E-state index in [1.165, 1.54) is 23.8 Å². The molecule has 1 amide bonds. The van der Waals surface area contributed by atoms with Crippen LogP contribution >= 0.6 is 27.5 Å². The summed E-state index contributed by atoms with van der Waals surface area (Å²) in [6.45, 7) is 0.996. The lowest BCUT2D eigenvalue weighted by Crippen LogP contribution is -2.31. The van der Waals surface area contributed by atoms with Gasteiger partial charge in [-0.1, -0.05) is 39.7 Å². The zero-order chi connectivity index (χ0) is 16.8. The summed E-state index contributed by atoms with van der Waals surface area (Å²) in [6, 6.07) is 12.0. The average Bonchev–Trinajstić information content (AvgIpc) is 2.49. The van der Waals surface area contributed by atoms with Crippen LogP contribution < -0.4 is 5.32 Å². The van der Waals surface area contributed by atoms with Crippen LogP contribution in [0.2, 0.25) is 5.02 Å². The quantitative estimate of drug-likeness (QED) is 0.783. The summed E-state index contributed by atoms with van der Waals surface area (Å²) in [6.07, 6.45) is 0.856. The highest BCUT2D eigenvalue weighted by molar-refractivity contribution is 9.10. The molecule has 0 atom stereocenters. The number of amides is 1. The summed E-state index contributed by atoms with van der Waals surface area (Å²) >= 11 is 9.29. The van der Waals surface area contributed by atoms with Crippen LogP contribution in [0.15, 0.2) is 46.9 Å². The first-order valence-corrected chi connectivity index (χ1v) is 8.29. The van der Waals surface area contributed by atoms with Gasteiger partial charge >= 0.3 is 0 Å². The summed E-state index contributed by atoms with van der Waals surface area (Å²) in [5, 5.41) is 2.88. The summed E-state index contributed by atoms with van der Waals surface area (Å²) in [5.74, 6) is -0.614. The van der Waals surface area contributed by atoms with Crippen molar-refractivity contribution in [3.63, 3.8) is 0 Å². The van der Waals surface area contributed by atoms with Gasteiger partial charge in [0.05, 0.1) is 17.3 Å². The monoisotopic (exact) mass is 398 g/mol. The SMILES string of the molecule is CN(CCc1ccc(Br)cc1)CC(=O)Nc1ccc(F)cc1Cl. The Labute approximate surface area is 148 Å². The van der Waals surface area contributed by atoms with E-state index in [0.29, 0.717) is 5.69 Å². The topological polar surface area (TPSA) is 32.3 Å². The van der Waals surface area contributed by atoms with Gasteiger partial charge in [0, 0.05) is 11.0 Å². The maximum absolute atomic E-state index is 13.0. The molecule has 0 aromatic heterocycles. The standard InChI is InChI=1S/C17H17BrClFN2O/c1-22(9-8-12-2-4-13(18)5-3-12)11-17(23)21-16-7-6-14(20)10-15(16)19/h2-7,10H,8-9,11H2,1H3,(H,21,23). The van der Waals surface area contributed by atoms with Crippen molar-refractivity contribution in [1.29, 1.82) is 0 Å². The molecule has 0 radical (unpaired) electrons. The fourth-order valence-corrected chi connectivity index (χ4v) is 2.55. The Hall–Kier alpha value is -1.43. The van der Waals surface area contributed by atoms with E-state index in [9.17, 15) is 9.18 Å². The Morgan fingerprint density at radius 3 is 2.61 bits per heavy atom. The molecule has 0 aliphatic carbocycles. The van der Waals surface area contributed by atoms with Crippen molar-refractivity contribution >= 4 is 39.1 Å². The van der Waals surface area contributed by atoms with Crippen LogP contribution in [0.4, 0.5) is 10.1 Å². The smallest absolute Gasteiger partial charge is 0.238 e. The van der Waals surface area contributed by atoms with E-state index in [-0.39, 0.29) is 17.5 Å². The molecule has 23 heavy (non-hydrogen) atoms. The van der Waals surface area contributed by atoms with Crippen LogP contribution in [0.1, 0.15) is 5.56 Å². The summed E-state index contributed by atoms with van der Waals surface area (Å²) in [7, 11) is 1.88. The van der Waals surface area contributed by atoms with Gasteiger partial charge in [-0.15, -0.1) is 0 Å². The van der Waals surface area contributed by atoms with E-state index in [0.717, 1.165) is 17.4 Å². The van der Waals surface area contributed by atoms with Gasteiger partial charge in [-0.05, 0) is 49.4 Å². The molecule has 0 unspecified atom stereocenters. The van der Waals surface area contributed by atoms with Crippen LogP contribution in [0.5, 0.6) is 0 Å². The molecule has 3 nitrogen and oxygen atoms in total. The normalized spacial score (nSPS) is 10.8. The number of carbonyl (C=O) groups excluding carboxylic acids is 1. The van der Waals surface area contributed by atoms with Crippen LogP contribution in [0.25, 0.3) is 0 Å². The molecule has 1 N–H and O–H groups in total. The van der Waals surface area contributed by atoms with Crippen LogP contribution in [0, 0.1) is 5.82 Å². The third kappa shape index (κ3) is 5.94. The number of benzene rings is 2. The first kappa shape index (κ1) is 17.9. The number of anilines is 1. The number of rotatable bonds is 6. The second-order valence-electron chi connectivity index (χ2n) is 5.29. The number of carbonyl (C=O) groups is 1. The van der Waals surface area contributed by atoms with E-state index in [1.807, 2.05) is 24.1 Å². The molecule has 2 rings (SSSR count). The molecule has 0 fully saturated rings. The number of likely N-dealkylation sites (N-methyl/N-ethyl adjacent to an activating group) is 1. The predicted octanol–water partition coefficient (Wildman–Crippen LogP) is 4.35. The minimum atomic E-state index is -0.431. The molecule has 0 spiro atoms. The Morgan fingerprint density at radius 1 is 1.26 bits per heavy atom. The lowest BCUT2D eigenvalue weighted by molar-refractivity contribution is -0.117. The summed E-state index contributed by atoms with van der Waals surface area (Å²) < 4.78 is 14.0. The Balaban J connectivity index is 1.81. The maximum Gasteiger partial charge on any atom is 0.238 e. The zero-order valence-electron chi connectivity index (χ0n) is 12.7. The molecule has 6 heteroatoms. The highest BCUT2D eigenvalue weighted by Crippen LogP contribution is 2.22. The van der Waals surface area contributed by atoms with E-state index in [1.54, 1.807) is 0 Å². The Bertz CT molecular complexity index is 679. The van der Waals surface area contributed by atoms with Crippen molar-refractivity contribution in [3.8, 4) is 0 Å². The van der Waals surface area contributed by atoms with E-state index in [2.05, 4.69) is 33.4 Å². The van der Waals surface area contributed by atoms with E-state index < -0.39 is 5.82 Å². The van der Waals surface area contributed by atoms with Crippen molar-refractivity contribution in [2.75, 3.05) is 25.5 Å². The first-order chi connectivity index (χ1) is 10.9. The number of nitrogens with one attached hydrogen (secondary N) is 1. The molecule has 0 aliphatic rings. The predicted molar refractivity (Wildman–Crippen MR) is 95.4 cm³/mol. The summed E-state index contributed by atoms with van der Waals surface area (Å²) in [5.41, 5.74) is 1.63. The lowest BCUT2D eigenvalue weighted by Gasteiger charge is -2.16. The third-order valence-electron chi connectivity index (χ3n) is 3.31. The van der Waals surface area contributed by atoms with Gasteiger partial charge < -0.3 is 5.32 Å². The molecule has 0 heterocycles. The molecule has 2 aromatic carbocycles. The van der Waals surface area contributed by atoms with Crippen molar-refractivity contribution in [2.24, 2.45) is 0 Å². The molecule has 122 valence electrons. The van der Waals surface area contributed by atoms with Crippen molar-refractivity contribution in [3.05, 3.63) is 63.3 Å². The van der Waals surface area contributed by atoms with Gasteiger partial charge in [0.25, 0.3) is 0 Å². The fraction of sp³-hybridized carbons (Fsp3) is 0.235. The van der Waals surface area contributed by atoms with Crippen LogP contribution in [-0.2, 0) is 11.2 Å². The number of hydrogen-bond donors (Lipinski definition) is 1. The molecule has 2 aromatic rings. The number of halogens is 3. The van der Waals surface area contributed by atoms with Gasteiger partial charge in [-0.25, -0.2) is 4.39 Å².